The lowest BCUT2D eigenvalue weighted by Gasteiger charge is -2.31. The third-order valence-corrected chi connectivity index (χ3v) is 3.25. The molecular formula is C13H16N2O. The van der Waals surface area contributed by atoms with Crippen LogP contribution in [0.25, 0.3) is 0 Å². The Morgan fingerprint density at radius 1 is 1.31 bits per heavy atom. The van der Waals surface area contributed by atoms with Crippen molar-refractivity contribution < 1.29 is 5.11 Å². The van der Waals surface area contributed by atoms with Crippen LogP contribution in [0.5, 0.6) is 0 Å². The third-order valence-electron chi connectivity index (χ3n) is 3.25. The first-order chi connectivity index (χ1) is 7.72. The van der Waals surface area contributed by atoms with E-state index in [2.05, 4.69) is 4.98 Å². The van der Waals surface area contributed by atoms with Crippen molar-refractivity contribution in [1.82, 2.24) is 4.98 Å². The zero-order valence-electron chi connectivity index (χ0n) is 9.32. The molecule has 0 atom stereocenters. The molecule has 0 spiro atoms. The van der Waals surface area contributed by atoms with Crippen LogP contribution >= 0.6 is 0 Å². The Balaban J connectivity index is 2.05. The molecule has 0 radical (unpaired) electrons. The van der Waals surface area contributed by atoms with E-state index in [1.165, 1.54) is 6.42 Å². The fourth-order valence-corrected chi connectivity index (χ4v) is 2.32. The van der Waals surface area contributed by atoms with Crippen LogP contribution in [0.4, 0.5) is 0 Å². The van der Waals surface area contributed by atoms with Gasteiger partial charge in [0, 0.05) is 18.3 Å². The van der Waals surface area contributed by atoms with E-state index in [1.54, 1.807) is 12.3 Å². The molecule has 0 saturated heterocycles. The van der Waals surface area contributed by atoms with Gasteiger partial charge in [0.05, 0.1) is 11.2 Å². The summed E-state index contributed by atoms with van der Waals surface area (Å²) in [5, 5.41) is 19.0. The standard InChI is InChI=1S/C13H16N2O/c14-9-11-4-5-12(15-10-11)8-13(16)6-2-1-3-7-13/h4-5,10,16H,1-3,6-8H2. The van der Waals surface area contributed by atoms with E-state index in [4.69, 9.17) is 5.26 Å². The van der Waals surface area contributed by atoms with Gasteiger partial charge in [-0.3, -0.25) is 4.98 Å². The second-order valence-electron chi connectivity index (χ2n) is 4.61. The van der Waals surface area contributed by atoms with E-state index in [-0.39, 0.29) is 0 Å². The molecule has 0 unspecified atom stereocenters. The average Bonchev–Trinajstić information content (AvgIpc) is 2.30. The van der Waals surface area contributed by atoms with E-state index in [0.717, 1.165) is 31.4 Å². The second kappa shape index (κ2) is 4.63. The first-order valence-electron chi connectivity index (χ1n) is 5.79. The van der Waals surface area contributed by atoms with Gasteiger partial charge in [-0.15, -0.1) is 0 Å². The van der Waals surface area contributed by atoms with Crippen molar-refractivity contribution in [2.24, 2.45) is 0 Å². The molecule has 0 aliphatic heterocycles. The minimum atomic E-state index is -0.570. The lowest BCUT2D eigenvalue weighted by atomic mass is 9.81. The Morgan fingerprint density at radius 3 is 2.62 bits per heavy atom. The molecule has 0 aromatic carbocycles. The van der Waals surface area contributed by atoms with Crippen molar-refractivity contribution >= 4 is 0 Å². The summed E-state index contributed by atoms with van der Waals surface area (Å²) >= 11 is 0. The fraction of sp³-hybridized carbons (Fsp3) is 0.538. The Bertz CT molecular complexity index is 385. The summed E-state index contributed by atoms with van der Waals surface area (Å²) in [6, 6.07) is 5.64. The molecule has 3 nitrogen and oxygen atoms in total. The van der Waals surface area contributed by atoms with Crippen LogP contribution in [0, 0.1) is 11.3 Å². The minimum Gasteiger partial charge on any atom is -0.389 e. The summed E-state index contributed by atoms with van der Waals surface area (Å²) in [5.74, 6) is 0. The molecule has 1 aliphatic carbocycles. The highest BCUT2D eigenvalue weighted by atomic mass is 16.3. The molecule has 1 aromatic heterocycles. The van der Waals surface area contributed by atoms with Gasteiger partial charge in [0.1, 0.15) is 6.07 Å². The Hall–Kier alpha value is -1.40. The SMILES string of the molecule is N#Cc1ccc(CC2(O)CCCCC2)nc1. The maximum Gasteiger partial charge on any atom is 0.101 e. The van der Waals surface area contributed by atoms with Gasteiger partial charge in [-0.25, -0.2) is 0 Å². The zero-order valence-corrected chi connectivity index (χ0v) is 9.32. The number of nitriles is 1. The molecule has 84 valence electrons. The van der Waals surface area contributed by atoms with Crippen LogP contribution in [0.15, 0.2) is 18.3 Å². The van der Waals surface area contributed by atoms with Crippen LogP contribution in [-0.2, 0) is 6.42 Å². The monoisotopic (exact) mass is 216 g/mol. The van der Waals surface area contributed by atoms with Crippen LogP contribution in [-0.4, -0.2) is 15.7 Å². The number of hydrogen-bond acceptors (Lipinski definition) is 3. The molecule has 1 aliphatic rings. The van der Waals surface area contributed by atoms with Gasteiger partial charge in [0.2, 0.25) is 0 Å². The zero-order chi connectivity index (χ0) is 11.4. The summed E-state index contributed by atoms with van der Waals surface area (Å²) in [7, 11) is 0. The molecule has 1 N–H and O–H groups in total. The molecule has 0 bridgehead atoms. The largest absolute Gasteiger partial charge is 0.389 e. The third kappa shape index (κ3) is 2.59. The van der Waals surface area contributed by atoms with Crippen molar-refractivity contribution in [2.45, 2.75) is 44.1 Å². The van der Waals surface area contributed by atoms with Crippen molar-refractivity contribution in [3.63, 3.8) is 0 Å². The average molecular weight is 216 g/mol. The number of hydrogen-bond donors (Lipinski definition) is 1. The van der Waals surface area contributed by atoms with Crippen molar-refractivity contribution in [3.05, 3.63) is 29.6 Å². The normalized spacial score (nSPS) is 19.0. The predicted octanol–water partition coefficient (Wildman–Crippen LogP) is 2.19. The van der Waals surface area contributed by atoms with Crippen LogP contribution < -0.4 is 0 Å². The van der Waals surface area contributed by atoms with Gasteiger partial charge in [-0.2, -0.15) is 5.26 Å². The van der Waals surface area contributed by atoms with Gasteiger partial charge in [0.15, 0.2) is 0 Å². The smallest absolute Gasteiger partial charge is 0.101 e. The molecule has 3 heteroatoms. The molecule has 16 heavy (non-hydrogen) atoms. The van der Waals surface area contributed by atoms with E-state index in [9.17, 15) is 5.11 Å². The van der Waals surface area contributed by atoms with Gasteiger partial charge in [0.25, 0.3) is 0 Å². The van der Waals surface area contributed by atoms with Crippen LogP contribution in [0.2, 0.25) is 0 Å². The first kappa shape index (κ1) is 11.1. The summed E-state index contributed by atoms with van der Waals surface area (Å²) in [5.41, 5.74) is 0.877. The Morgan fingerprint density at radius 2 is 2.06 bits per heavy atom. The van der Waals surface area contributed by atoms with Crippen LogP contribution in [0.3, 0.4) is 0 Å². The molecular weight excluding hydrogens is 200 g/mol. The first-order valence-corrected chi connectivity index (χ1v) is 5.79. The minimum absolute atomic E-state index is 0.569. The fourth-order valence-electron chi connectivity index (χ4n) is 2.32. The quantitative estimate of drug-likeness (QED) is 0.824. The number of rotatable bonds is 2. The molecule has 1 saturated carbocycles. The van der Waals surface area contributed by atoms with E-state index in [1.807, 2.05) is 12.1 Å². The molecule has 1 fully saturated rings. The number of aromatic nitrogens is 1. The van der Waals surface area contributed by atoms with E-state index in [0.29, 0.717) is 12.0 Å². The number of aliphatic hydroxyl groups is 1. The summed E-state index contributed by atoms with van der Waals surface area (Å²) < 4.78 is 0. The Labute approximate surface area is 95.8 Å². The number of pyridine rings is 1. The highest BCUT2D eigenvalue weighted by molar-refractivity contribution is 5.26. The van der Waals surface area contributed by atoms with Gasteiger partial charge in [-0.05, 0) is 25.0 Å². The summed E-state index contributed by atoms with van der Waals surface area (Å²) in [4.78, 5) is 4.21. The van der Waals surface area contributed by atoms with Crippen molar-refractivity contribution in [3.8, 4) is 6.07 Å². The van der Waals surface area contributed by atoms with Gasteiger partial charge >= 0.3 is 0 Å². The number of nitrogens with zero attached hydrogens (tertiary/aromatic N) is 2. The van der Waals surface area contributed by atoms with E-state index < -0.39 is 5.60 Å². The molecule has 1 aromatic rings. The van der Waals surface area contributed by atoms with Crippen LogP contribution in [0.1, 0.15) is 43.4 Å². The highest BCUT2D eigenvalue weighted by Crippen LogP contribution is 2.30. The summed E-state index contributed by atoms with van der Waals surface area (Å²) in [6.07, 6.45) is 7.35. The Kier molecular flexibility index (Phi) is 3.21. The molecule has 1 heterocycles. The topological polar surface area (TPSA) is 56.9 Å². The van der Waals surface area contributed by atoms with E-state index >= 15 is 0 Å². The second-order valence-corrected chi connectivity index (χ2v) is 4.61. The maximum atomic E-state index is 10.3. The highest BCUT2D eigenvalue weighted by Gasteiger charge is 2.29. The molecule has 2 rings (SSSR count). The summed E-state index contributed by atoms with van der Waals surface area (Å²) in [6.45, 7) is 0. The lowest BCUT2D eigenvalue weighted by Crippen LogP contribution is -2.34. The van der Waals surface area contributed by atoms with Gasteiger partial charge < -0.3 is 5.11 Å². The van der Waals surface area contributed by atoms with Crippen molar-refractivity contribution in [1.29, 1.82) is 5.26 Å². The predicted molar refractivity (Wildman–Crippen MR) is 60.7 cm³/mol. The van der Waals surface area contributed by atoms with Gasteiger partial charge in [-0.1, -0.05) is 19.3 Å². The maximum absolute atomic E-state index is 10.3. The van der Waals surface area contributed by atoms with Crippen molar-refractivity contribution in [2.75, 3.05) is 0 Å². The lowest BCUT2D eigenvalue weighted by molar-refractivity contribution is 0.00367. The molecule has 0 amide bonds.